The Balaban J connectivity index is 1.78. The minimum atomic E-state index is -4.38. The number of hydrogen-bond acceptors (Lipinski definition) is 3. The van der Waals surface area contributed by atoms with Crippen LogP contribution in [-0.2, 0) is 8.34 Å². The van der Waals surface area contributed by atoms with Crippen molar-refractivity contribution in [2.24, 2.45) is 0 Å². The second-order valence-corrected chi connectivity index (χ2v) is 9.50. The summed E-state index contributed by atoms with van der Waals surface area (Å²) in [5.41, 5.74) is 1.63. The monoisotopic (exact) mass is 543 g/mol. The topological polar surface area (TPSA) is 47.6 Å². The van der Waals surface area contributed by atoms with Gasteiger partial charge in [0.1, 0.15) is 20.8 Å². The van der Waals surface area contributed by atoms with E-state index in [0.29, 0.717) is 17.1 Å². The highest BCUT2D eigenvalue weighted by atomic mass is 127. The van der Waals surface area contributed by atoms with Gasteiger partial charge in [0.15, 0.2) is 6.61 Å². The van der Waals surface area contributed by atoms with Crippen molar-refractivity contribution >= 4 is 39.3 Å². The third-order valence-corrected chi connectivity index (χ3v) is 5.43. The molecule has 0 fully saturated rings. The van der Waals surface area contributed by atoms with E-state index >= 15 is 0 Å². The lowest BCUT2D eigenvalue weighted by molar-refractivity contribution is -0.153. The minimum absolute atomic E-state index is 0.106. The van der Waals surface area contributed by atoms with Crippen molar-refractivity contribution in [3.63, 3.8) is 0 Å². The van der Waals surface area contributed by atoms with Crippen LogP contribution in [0.25, 0.3) is 10.8 Å². The molecule has 0 heterocycles. The second-order valence-electron chi connectivity index (χ2n) is 7.34. The largest absolute Gasteiger partial charge is 0.484 e. The molecule has 0 aromatic heterocycles. The first-order valence-corrected chi connectivity index (χ1v) is 10.5. The van der Waals surface area contributed by atoms with Gasteiger partial charge in [0.2, 0.25) is 5.91 Å². The molecule has 0 aliphatic carbocycles. The van der Waals surface area contributed by atoms with E-state index in [9.17, 15) is 18.0 Å². The average molecular weight is 543 g/mol. The summed E-state index contributed by atoms with van der Waals surface area (Å²) >= 11 is 2.20. The van der Waals surface area contributed by atoms with Crippen molar-refractivity contribution in [1.82, 2.24) is 5.32 Å². The number of ether oxygens (including phenoxy) is 2. The summed E-state index contributed by atoms with van der Waals surface area (Å²) in [5, 5.41) is 4.87. The van der Waals surface area contributed by atoms with E-state index in [1.54, 1.807) is 13.0 Å². The molecule has 31 heavy (non-hydrogen) atoms. The van der Waals surface area contributed by atoms with E-state index in [1.165, 1.54) is 19.1 Å². The van der Waals surface area contributed by atoms with E-state index < -0.39 is 16.3 Å². The number of halogens is 4. The van der Waals surface area contributed by atoms with Gasteiger partial charge in [-0.25, -0.2) is 0 Å². The molecule has 0 saturated heterocycles. The maximum absolute atomic E-state index is 12.3. The molecule has 0 spiro atoms. The molecule has 8 heteroatoms. The first-order valence-electron chi connectivity index (χ1n) is 9.43. The Morgan fingerprint density at radius 3 is 2.29 bits per heavy atom. The summed E-state index contributed by atoms with van der Waals surface area (Å²) in [4.78, 5) is 11.5. The molecular formula is C23H21F3INO3. The molecule has 0 radical (unpaired) electrons. The Bertz CT molecular complexity index is 1110. The van der Waals surface area contributed by atoms with Crippen LogP contribution in [0.5, 0.6) is 17.2 Å². The molecule has 1 unspecified atom stereocenters. The summed E-state index contributed by atoms with van der Waals surface area (Å²) in [6.07, 6.45) is -4.38. The number of amides is 1. The minimum Gasteiger partial charge on any atom is -0.484 e. The predicted octanol–water partition coefficient (Wildman–Crippen LogP) is 6.63. The van der Waals surface area contributed by atoms with Crippen molar-refractivity contribution in [1.29, 1.82) is 0 Å². The van der Waals surface area contributed by atoms with Crippen LogP contribution < -0.4 is 14.8 Å². The Labute approximate surface area is 191 Å². The zero-order valence-electron chi connectivity index (χ0n) is 17.1. The summed E-state index contributed by atoms with van der Waals surface area (Å²) < 4.78 is 47.1. The average Bonchev–Trinajstić information content (AvgIpc) is 2.66. The lowest BCUT2D eigenvalue weighted by Crippen LogP contribution is -2.36. The van der Waals surface area contributed by atoms with Gasteiger partial charge in [-0.15, -0.1) is 0 Å². The van der Waals surface area contributed by atoms with Crippen LogP contribution in [0.3, 0.4) is 0 Å². The molecule has 3 aromatic rings. The van der Waals surface area contributed by atoms with Gasteiger partial charge < -0.3 is 14.8 Å². The zero-order valence-corrected chi connectivity index (χ0v) is 19.3. The number of benzene rings is 3. The van der Waals surface area contributed by atoms with Crippen LogP contribution >= 0.6 is 22.6 Å². The third-order valence-electron chi connectivity index (χ3n) is 4.54. The number of hydrogen-bond donors (Lipinski definition) is 1. The normalized spacial score (nSPS) is 13.5. The molecule has 3 rings (SSSR count). The maximum Gasteiger partial charge on any atom is 0.422 e. The molecule has 0 bridgehead atoms. The van der Waals surface area contributed by atoms with Gasteiger partial charge in [-0.05, 0) is 94.7 Å². The lowest BCUT2D eigenvalue weighted by Gasteiger charge is -2.24. The fraction of sp³-hybridized carbons (Fsp3) is 0.261. The van der Waals surface area contributed by atoms with Crippen molar-refractivity contribution in [2.75, 3.05) is 6.61 Å². The van der Waals surface area contributed by atoms with Gasteiger partial charge in [0.05, 0.1) is 0 Å². The van der Waals surface area contributed by atoms with E-state index in [1.807, 2.05) is 43.3 Å². The van der Waals surface area contributed by atoms with E-state index in [2.05, 4.69) is 27.9 Å². The number of aryl methyl sites for hydroxylation is 1. The summed E-state index contributed by atoms with van der Waals surface area (Å²) in [6.45, 7) is 3.82. The second kappa shape index (κ2) is 8.94. The number of rotatable bonds is 6. The molecule has 0 aliphatic rings. The van der Waals surface area contributed by atoms with Crippen molar-refractivity contribution in [3.05, 3.63) is 65.7 Å². The lowest BCUT2D eigenvalue weighted by atomic mass is 10.0. The first-order chi connectivity index (χ1) is 14.4. The standard InChI is InChI=1S/C23H21F3INO3/c1-14-10-19(30-13-23(24,25)26)8-9-21(14)31-20-7-5-16-11-18(6-4-17(16)12-20)22(3,27)28-15(2)29/h4-12H,13H2,1-3H3,(H,28,29). The molecule has 1 atom stereocenters. The van der Waals surface area contributed by atoms with Crippen LogP contribution in [0.15, 0.2) is 54.6 Å². The van der Waals surface area contributed by atoms with Crippen molar-refractivity contribution in [2.45, 2.75) is 30.5 Å². The first kappa shape index (κ1) is 23.2. The number of fused-ring (bicyclic) bond motifs is 1. The molecule has 1 amide bonds. The Kier molecular flexibility index (Phi) is 6.68. The molecule has 3 aromatic carbocycles. The van der Waals surface area contributed by atoms with Gasteiger partial charge in [0.25, 0.3) is 0 Å². The van der Waals surface area contributed by atoms with E-state index in [0.717, 1.165) is 16.3 Å². The fourth-order valence-electron chi connectivity index (χ4n) is 3.10. The van der Waals surface area contributed by atoms with Crippen LogP contribution in [0, 0.1) is 6.92 Å². The fourth-order valence-corrected chi connectivity index (χ4v) is 3.82. The molecular weight excluding hydrogens is 522 g/mol. The van der Waals surface area contributed by atoms with Crippen LogP contribution in [0.2, 0.25) is 0 Å². The SMILES string of the molecule is CC(=O)NC(C)(I)c1ccc2cc(Oc3ccc(OCC(F)(F)F)cc3C)ccc2c1. The Hall–Kier alpha value is -2.49. The Morgan fingerprint density at radius 2 is 1.65 bits per heavy atom. The summed E-state index contributed by atoms with van der Waals surface area (Å²) in [7, 11) is 0. The number of alkyl halides is 4. The molecule has 0 saturated carbocycles. The molecule has 4 nitrogen and oxygen atoms in total. The highest BCUT2D eigenvalue weighted by molar-refractivity contribution is 14.1. The molecule has 0 aliphatic heterocycles. The number of carbonyl (C=O) groups is 1. The molecule has 1 N–H and O–H groups in total. The van der Waals surface area contributed by atoms with Crippen molar-refractivity contribution in [3.8, 4) is 17.2 Å². The van der Waals surface area contributed by atoms with Gasteiger partial charge >= 0.3 is 6.18 Å². The summed E-state index contributed by atoms with van der Waals surface area (Å²) in [5.74, 6) is 1.16. The highest BCUT2D eigenvalue weighted by Gasteiger charge is 2.28. The zero-order chi connectivity index (χ0) is 22.8. The van der Waals surface area contributed by atoms with E-state index in [4.69, 9.17) is 9.47 Å². The smallest absolute Gasteiger partial charge is 0.422 e. The number of nitrogens with one attached hydrogen (secondary N) is 1. The summed E-state index contributed by atoms with van der Waals surface area (Å²) in [6, 6.07) is 16.1. The van der Waals surface area contributed by atoms with Crippen LogP contribution in [-0.4, -0.2) is 18.7 Å². The van der Waals surface area contributed by atoms with Gasteiger partial charge in [-0.3, -0.25) is 4.79 Å². The third kappa shape index (κ3) is 6.25. The Morgan fingerprint density at radius 1 is 1.00 bits per heavy atom. The van der Waals surface area contributed by atoms with E-state index in [-0.39, 0.29) is 11.7 Å². The number of carbonyl (C=O) groups excluding carboxylic acids is 1. The highest BCUT2D eigenvalue weighted by Crippen LogP contribution is 2.34. The van der Waals surface area contributed by atoms with Gasteiger partial charge in [-0.1, -0.05) is 18.2 Å². The maximum atomic E-state index is 12.3. The van der Waals surface area contributed by atoms with Gasteiger partial charge in [-0.2, -0.15) is 13.2 Å². The van der Waals surface area contributed by atoms with Crippen molar-refractivity contribution < 1.29 is 27.4 Å². The van der Waals surface area contributed by atoms with Crippen LogP contribution in [0.1, 0.15) is 25.0 Å². The quantitative estimate of drug-likeness (QED) is 0.216. The van der Waals surface area contributed by atoms with Crippen LogP contribution in [0.4, 0.5) is 13.2 Å². The predicted molar refractivity (Wildman–Crippen MR) is 122 cm³/mol. The molecule has 164 valence electrons. The van der Waals surface area contributed by atoms with Gasteiger partial charge in [0, 0.05) is 6.92 Å².